The van der Waals surface area contributed by atoms with Crippen LogP contribution in [0.2, 0.25) is 0 Å². The molecule has 0 N–H and O–H groups in total. The van der Waals surface area contributed by atoms with E-state index in [-0.39, 0.29) is 22.5 Å². The first kappa shape index (κ1) is 28.4. The van der Waals surface area contributed by atoms with Crippen molar-refractivity contribution in [3.63, 3.8) is 0 Å². The molecule has 0 spiro atoms. The normalized spacial score (nSPS) is 15.0. The van der Waals surface area contributed by atoms with E-state index in [4.69, 9.17) is 14.5 Å². The molecule has 0 saturated heterocycles. The zero-order chi connectivity index (χ0) is 29.1. The van der Waals surface area contributed by atoms with Crippen molar-refractivity contribution >= 4 is 45.0 Å². The zero-order valence-corrected chi connectivity index (χ0v) is 24.2. The van der Waals surface area contributed by atoms with Gasteiger partial charge in [-0.3, -0.25) is 9.36 Å². The summed E-state index contributed by atoms with van der Waals surface area (Å²) in [5.41, 5.74) is 1.52. The van der Waals surface area contributed by atoms with Crippen LogP contribution in [0.25, 0.3) is 11.8 Å². The Kier molecular flexibility index (Phi) is 8.46. The van der Waals surface area contributed by atoms with Gasteiger partial charge in [-0.1, -0.05) is 75.8 Å². The molecule has 0 radical (unpaired) electrons. The number of carbonyl (C=O) groups is 1. The lowest BCUT2D eigenvalue weighted by molar-refractivity contribution is -0.138. The number of benzene rings is 3. The molecule has 0 amide bonds. The molecule has 0 unspecified atom stereocenters. The molecule has 3 aromatic carbocycles. The highest BCUT2D eigenvalue weighted by molar-refractivity contribution is 9.10. The highest BCUT2D eigenvalue weighted by Gasteiger charge is 2.36. The molecule has 0 bridgehead atoms. The lowest BCUT2D eigenvalue weighted by Crippen LogP contribution is -2.40. The second-order valence-corrected chi connectivity index (χ2v) is 10.7. The van der Waals surface area contributed by atoms with Crippen molar-refractivity contribution < 1.29 is 27.8 Å². The number of hydrogen-bond acceptors (Lipinski definition) is 7. The molecule has 1 aliphatic heterocycles. The minimum atomic E-state index is -3.03. The molecule has 1 aliphatic rings. The van der Waals surface area contributed by atoms with Crippen LogP contribution in [0.4, 0.5) is 8.78 Å². The lowest BCUT2D eigenvalue weighted by atomic mass is 9.92. The standard InChI is InChI=1S/C30H23BrF2N2O5S/c1-3-39-28(37)24-25(17-9-5-4-6-10-17)34-30-35(26(24)20-16-19(31)13-14-22(20)38-2)27(36)23(41-30)15-18-11-7-8-12-21(18)40-29(32)33/h4-16,26,29H,3H2,1-2H3/b23-15-/t26-/m1/s1. The van der Waals surface area contributed by atoms with Crippen LogP contribution in [0.5, 0.6) is 11.5 Å². The van der Waals surface area contributed by atoms with Crippen LogP contribution in [0.3, 0.4) is 0 Å². The molecule has 0 saturated carbocycles. The van der Waals surface area contributed by atoms with E-state index in [1.807, 2.05) is 30.3 Å². The molecule has 1 aromatic heterocycles. The second-order valence-electron chi connectivity index (χ2n) is 8.73. The summed E-state index contributed by atoms with van der Waals surface area (Å²) in [4.78, 5) is 32.8. The van der Waals surface area contributed by atoms with E-state index in [1.54, 1.807) is 43.3 Å². The number of aromatic nitrogens is 1. The van der Waals surface area contributed by atoms with Gasteiger partial charge in [-0.25, -0.2) is 9.79 Å². The van der Waals surface area contributed by atoms with E-state index in [0.717, 1.165) is 11.3 Å². The SMILES string of the molecule is CCOC(=O)C1=C(c2ccccc2)N=c2s/c(=C\c3ccccc3OC(F)F)c(=O)n2[C@@H]1c1cc(Br)ccc1OC. The summed E-state index contributed by atoms with van der Waals surface area (Å²) in [7, 11) is 1.50. The molecule has 41 heavy (non-hydrogen) atoms. The fourth-order valence-electron chi connectivity index (χ4n) is 4.60. The predicted molar refractivity (Wildman–Crippen MR) is 155 cm³/mol. The van der Waals surface area contributed by atoms with E-state index in [2.05, 4.69) is 20.7 Å². The van der Waals surface area contributed by atoms with Gasteiger partial charge in [0, 0.05) is 21.2 Å². The van der Waals surface area contributed by atoms with E-state index < -0.39 is 24.2 Å². The Balaban J connectivity index is 1.85. The van der Waals surface area contributed by atoms with Gasteiger partial charge in [-0.15, -0.1) is 0 Å². The number of methoxy groups -OCH3 is 1. The van der Waals surface area contributed by atoms with Crippen molar-refractivity contribution in [1.29, 1.82) is 0 Å². The minimum absolute atomic E-state index is 0.0734. The topological polar surface area (TPSA) is 79.1 Å². The second kappa shape index (κ2) is 12.2. The Morgan fingerprint density at radius 2 is 1.83 bits per heavy atom. The fourth-order valence-corrected chi connectivity index (χ4v) is 5.97. The number of thiazole rings is 1. The van der Waals surface area contributed by atoms with Gasteiger partial charge in [-0.2, -0.15) is 8.78 Å². The minimum Gasteiger partial charge on any atom is -0.496 e. The number of hydrogen-bond donors (Lipinski definition) is 0. The molecular formula is C30H23BrF2N2O5S. The van der Waals surface area contributed by atoms with Crippen LogP contribution in [0.1, 0.15) is 29.7 Å². The number of fused-ring (bicyclic) bond motifs is 1. The van der Waals surface area contributed by atoms with Crippen LogP contribution in [-0.4, -0.2) is 30.9 Å². The Labute approximate surface area is 245 Å². The number of para-hydroxylation sites is 1. The Morgan fingerprint density at radius 1 is 1.10 bits per heavy atom. The van der Waals surface area contributed by atoms with Crippen LogP contribution < -0.4 is 24.4 Å². The molecule has 0 fully saturated rings. The summed E-state index contributed by atoms with van der Waals surface area (Å²) in [6.07, 6.45) is 1.48. The van der Waals surface area contributed by atoms with Crippen LogP contribution in [0.15, 0.2) is 92.6 Å². The molecule has 4 aromatic rings. The average Bonchev–Trinajstić information content (AvgIpc) is 3.27. The van der Waals surface area contributed by atoms with Gasteiger partial charge in [-0.05, 0) is 37.3 Å². The first-order valence-corrected chi connectivity index (χ1v) is 14.1. The maximum absolute atomic E-state index is 14.1. The molecule has 2 heterocycles. The largest absolute Gasteiger partial charge is 0.496 e. The van der Waals surface area contributed by atoms with Gasteiger partial charge >= 0.3 is 12.6 Å². The molecule has 1 atom stereocenters. The molecule has 210 valence electrons. The molecule has 11 heteroatoms. The van der Waals surface area contributed by atoms with Crippen molar-refractivity contribution in [1.82, 2.24) is 4.57 Å². The maximum atomic E-state index is 14.1. The highest BCUT2D eigenvalue weighted by Crippen LogP contribution is 2.39. The van der Waals surface area contributed by atoms with Crippen molar-refractivity contribution in [2.24, 2.45) is 4.99 Å². The summed E-state index contributed by atoms with van der Waals surface area (Å²) >= 11 is 4.57. The quantitative estimate of drug-likeness (QED) is 0.244. The third-order valence-electron chi connectivity index (χ3n) is 6.28. The lowest BCUT2D eigenvalue weighted by Gasteiger charge is -2.27. The van der Waals surface area contributed by atoms with Gasteiger partial charge in [0.15, 0.2) is 4.80 Å². The van der Waals surface area contributed by atoms with Gasteiger partial charge in [0.2, 0.25) is 0 Å². The summed E-state index contributed by atoms with van der Waals surface area (Å²) in [5, 5.41) is 0. The first-order chi connectivity index (χ1) is 19.8. The van der Waals surface area contributed by atoms with Crippen molar-refractivity contribution in [3.05, 3.63) is 119 Å². The number of halogens is 3. The van der Waals surface area contributed by atoms with Gasteiger partial charge < -0.3 is 14.2 Å². The van der Waals surface area contributed by atoms with Gasteiger partial charge in [0.05, 0.1) is 29.5 Å². The average molecular weight is 641 g/mol. The number of rotatable bonds is 8. The van der Waals surface area contributed by atoms with Gasteiger partial charge in [0.1, 0.15) is 17.5 Å². The third kappa shape index (κ3) is 5.73. The molecule has 7 nitrogen and oxygen atoms in total. The predicted octanol–water partition coefficient (Wildman–Crippen LogP) is 5.31. The number of carbonyl (C=O) groups excluding carboxylic acids is 1. The van der Waals surface area contributed by atoms with E-state index in [9.17, 15) is 18.4 Å². The van der Waals surface area contributed by atoms with Crippen LogP contribution >= 0.6 is 27.3 Å². The Bertz CT molecular complexity index is 1820. The van der Waals surface area contributed by atoms with Crippen molar-refractivity contribution in [3.8, 4) is 11.5 Å². The molecule has 5 rings (SSSR count). The van der Waals surface area contributed by atoms with Crippen molar-refractivity contribution in [2.75, 3.05) is 13.7 Å². The summed E-state index contributed by atoms with van der Waals surface area (Å²) in [6, 6.07) is 19.7. The summed E-state index contributed by atoms with van der Waals surface area (Å²) in [6.45, 7) is -1.22. The van der Waals surface area contributed by atoms with Crippen LogP contribution in [-0.2, 0) is 9.53 Å². The monoisotopic (exact) mass is 640 g/mol. The first-order valence-electron chi connectivity index (χ1n) is 12.5. The maximum Gasteiger partial charge on any atom is 0.387 e. The van der Waals surface area contributed by atoms with Crippen LogP contribution in [0, 0.1) is 0 Å². The van der Waals surface area contributed by atoms with Crippen molar-refractivity contribution in [2.45, 2.75) is 19.6 Å². The highest BCUT2D eigenvalue weighted by atomic mass is 79.9. The Morgan fingerprint density at radius 3 is 2.54 bits per heavy atom. The zero-order valence-electron chi connectivity index (χ0n) is 21.8. The van der Waals surface area contributed by atoms with E-state index in [1.165, 1.54) is 23.8 Å². The third-order valence-corrected chi connectivity index (χ3v) is 7.76. The van der Waals surface area contributed by atoms with E-state index >= 15 is 0 Å². The fraction of sp³-hybridized carbons (Fsp3) is 0.167. The number of ether oxygens (including phenoxy) is 3. The smallest absolute Gasteiger partial charge is 0.387 e. The number of nitrogens with zero attached hydrogens (tertiary/aromatic N) is 2. The molecular weight excluding hydrogens is 618 g/mol. The molecule has 0 aliphatic carbocycles. The summed E-state index contributed by atoms with van der Waals surface area (Å²) in [5.74, 6) is -0.262. The van der Waals surface area contributed by atoms with Gasteiger partial charge in [0.25, 0.3) is 5.56 Å². The number of esters is 1. The summed E-state index contributed by atoms with van der Waals surface area (Å²) < 4.78 is 44.2. The Hall–Kier alpha value is -4.09. The van der Waals surface area contributed by atoms with E-state index in [0.29, 0.717) is 37.4 Å². The number of alkyl halides is 2.